The molecule has 1 unspecified atom stereocenters. The number of rotatable bonds is 4. The van der Waals surface area contributed by atoms with Gasteiger partial charge >= 0.3 is 5.97 Å². The monoisotopic (exact) mass is 397 g/mol. The van der Waals surface area contributed by atoms with Crippen LogP contribution in [0.2, 0.25) is 0 Å². The summed E-state index contributed by atoms with van der Waals surface area (Å²) in [5, 5.41) is 9.04. The molecule has 1 aliphatic rings. The highest BCUT2D eigenvalue weighted by Crippen LogP contribution is 2.44. The number of benzene rings is 3. The van der Waals surface area contributed by atoms with E-state index in [9.17, 15) is 22.8 Å². The van der Waals surface area contributed by atoms with Crippen LogP contribution in [0.3, 0.4) is 0 Å². The Morgan fingerprint density at radius 2 is 1.48 bits per heavy atom. The molecule has 3 aromatic carbocycles. The first-order valence-electron chi connectivity index (χ1n) is 8.77. The van der Waals surface area contributed by atoms with Gasteiger partial charge in [0, 0.05) is 16.8 Å². The van der Waals surface area contributed by atoms with E-state index in [4.69, 9.17) is 5.11 Å². The Labute approximate surface area is 163 Å². The Morgan fingerprint density at radius 1 is 0.897 bits per heavy atom. The predicted molar refractivity (Wildman–Crippen MR) is 99.8 cm³/mol. The van der Waals surface area contributed by atoms with Gasteiger partial charge in [0.25, 0.3) is 0 Å². The van der Waals surface area contributed by atoms with Gasteiger partial charge in [0.05, 0.1) is 17.2 Å². The Morgan fingerprint density at radius 3 is 2.10 bits per heavy atom. The summed E-state index contributed by atoms with van der Waals surface area (Å²) in [5.41, 5.74) is 0.401. The Bertz CT molecular complexity index is 1110. The normalized spacial score (nSPS) is 15.5. The van der Waals surface area contributed by atoms with E-state index in [-0.39, 0.29) is 28.8 Å². The van der Waals surface area contributed by atoms with Crippen molar-refractivity contribution in [2.45, 2.75) is 12.3 Å². The zero-order chi connectivity index (χ0) is 20.7. The first-order valence-corrected chi connectivity index (χ1v) is 8.77. The summed E-state index contributed by atoms with van der Waals surface area (Å²) in [4.78, 5) is 25.5. The van der Waals surface area contributed by atoms with E-state index >= 15 is 0 Å². The number of aromatic carboxylic acids is 1. The van der Waals surface area contributed by atoms with Gasteiger partial charge in [-0.05, 0) is 55.0 Å². The van der Waals surface area contributed by atoms with Gasteiger partial charge in [0.1, 0.15) is 17.5 Å². The maximum atomic E-state index is 14.6. The fourth-order valence-corrected chi connectivity index (χ4v) is 3.60. The van der Waals surface area contributed by atoms with E-state index in [1.54, 1.807) is 6.07 Å². The average molecular weight is 397 g/mol. The van der Waals surface area contributed by atoms with Crippen molar-refractivity contribution in [1.29, 1.82) is 0 Å². The molecule has 0 saturated carbocycles. The molecule has 0 saturated heterocycles. The zero-order valence-corrected chi connectivity index (χ0v) is 14.9. The number of carboxylic acids is 1. The molecule has 1 amide bonds. The molecule has 4 nitrogen and oxygen atoms in total. The van der Waals surface area contributed by atoms with Gasteiger partial charge in [0.15, 0.2) is 0 Å². The van der Waals surface area contributed by atoms with E-state index in [0.29, 0.717) is 5.69 Å². The summed E-state index contributed by atoms with van der Waals surface area (Å²) in [7, 11) is 0. The first kappa shape index (κ1) is 18.7. The first-order chi connectivity index (χ1) is 13.9. The Balaban J connectivity index is 1.79. The van der Waals surface area contributed by atoms with Gasteiger partial charge < -0.3 is 5.11 Å². The SMILES string of the molecule is O=C(O)c1ccc(N2C(=O)C(Cc3c(F)cccc3F)c3c(F)cccc32)cc1. The van der Waals surface area contributed by atoms with Crippen LogP contribution in [0.5, 0.6) is 0 Å². The lowest BCUT2D eigenvalue weighted by molar-refractivity contribution is -0.118. The molecule has 29 heavy (non-hydrogen) atoms. The summed E-state index contributed by atoms with van der Waals surface area (Å²) in [6, 6.07) is 13.1. The Kier molecular flexibility index (Phi) is 4.58. The quantitative estimate of drug-likeness (QED) is 0.688. The van der Waals surface area contributed by atoms with Crippen LogP contribution in [-0.4, -0.2) is 17.0 Å². The number of hydrogen-bond acceptors (Lipinski definition) is 2. The molecule has 0 aromatic heterocycles. The zero-order valence-electron chi connectivity index (χ0n) is 14.9. The molecule has 4 rings (SSSR count). The van der Waals surface area contributed by atoms with Crippen LogP contribution in [0.25, 0.3) is 0 Å². The van der Waals surface area contributed by atoms with Crippen LogP contribution in [0, 0.1) is 17.5 Å². The molecule has 1 heterocycles. The van der Waals surface area contributed by atoms with E-state index in [1.165, 1.54) is 47.4 Å². The fraction of sp³-hybridized carbons (Fsp3) is 0.0909. The minimum atomic E-state index is -1.12. The topological polar surface area (TPSA) is 57.6 Å². The highest BCUT2D eigenvalue weighted by molar-refractivity contribution is 6.10. The van der Waals surface area contributed by atoms with Gasteiger partial charge in [-0.15, -0.1) is 0 Å². The van der Waals surface area contributed by atoms with Crippen molar-refractivity contribution in [1.82, 2.24) is 0 Å². The van der Waals surface area contributed by atoms with Crippen LogP contribution < -0.4 is 4.90 Å². The van der Waals surface area contributed by atoms with Gasteiger partial charge in [-0.25, -0.2) is 18.0 Å². The number of halogens is 3. The van der Waals surface area contributed by atoms with Gasteiger partial charge in [-0.2, -0.15) is 0 Å². The number of hydrogen-bond donors (Lipinski definition) is 1. The molecule has 0 aliphatic carbocycles. The lowest BCUT2D eigenvalue weighted by Gasteiger charge is -2.18. The molecular formula is C22H14F3NO3. The van der Waals surface area contributed by atoms with E-state index in [2.05, 4.69) is 0 Å². The molecular weight excluding hydrogens is 383 g/mol. The largest absolute Gasteiger partial charge is 0.478 e. The summed E-state index contributed by atoms with van der Waals surface area (Å²) >= 11 is 0. The third-order valence-corrected chi connectivity index (χ3v) is 4.98. The maximum Gasteiger partial charge on any atom is 0.335 e. The van der Waals surface area contributed by atoms with Crippen molar-refractivity contribution in [3.8, 4) is 0 Å². The van der Waals surface area contributed by atoms with E-state index in [1.807, 2.05) is 0 Å². The van der Waals surface area contributed by atoms with Crippen molar-refractivity contribution in [3.63, 3.8) is 0 Å². The third kappa shape index (κ3) is 3.14. The number of carbonyl (C=O) groups excluding carboxylic acids is 1. The summed E-state index contributed by atoms with van der Waals surface area (Å²) in [6.45, 7) is 0. The highest BCUT2D eigenvalue weighted by atomic mass is 19.1. The van der Waals surface area contributed by atoms with Crippen molar-refractivity contribution in [3.05, 3.63) is 94.8 Å². The standard InChI is InChI=1S/C22H14F3NO3/c23-16-3-1-4-17(24)14(16)11-15-20-18(25)5-2-6-19(20)26(21(15)27)13-9-7-12(8-10-13)22(28)29/h1-10,15H,11H2,(H,28,29). The lowest BCUT2D eigenvalue weighted by atomic mass is 9.92. The summed E-state index contributed by atoms with van der Waals surface area (Å²) in [5.74, 6) is -5.04. The Hall–Kier alpha value is -3.61. The van der Waals surface area contributed by atoms with Crippen molar-refractivity contribution in [2.24, 2.45) is 0 Å². The van der Waals surface area contributed by atoms with Gasteiger partial charge in [-0.1, -0.05) is 12.1 Å². The van der Waals surface area contributed by atoms with Crippen LogP contribution >= 0.6 is 0 Å². The smallest absolute Gasteiger partial charge is 0.335 e. The molecule has 0 spiro atoms. The number of nitrogens with zero attached hydrogens (tertiary/aromatic N) is 1. The second-order valence-electron chi connectivity index (χ2n) is 6.66. The van der Waals surface area contributed by atoms with Crippen LogP contribution in [0.4, 0.5) is 24.5 Å². The van der Waals surface area contributed by atoms with Crippen LogP contribution in [0.1, 0.15) is 27.4 Å². The molecule has 0 fully saturated rings. The van der Waals surface area contributed by atoms with Crippen molar-refractivity contribution in [2.75, 3.05) is 4.90 Å². The molecule has 0 bridgehead atoms. The number of fused-ring (bicyclic) bond motifs is 1. The van der Waals surface area contributed by atoms with E-state index in [0.717, 1.165) is 12.1 Å². The average Bonchev–Trinajstić information content (AvgIpc) is 2.97. The number of amides is 1. The molecule has 1 atom stereocenters. The molecule has 3 aromatic rings. The molecule has 1 aliphatic heterocycles. The van der Waals surface area contributed by atoms with Gasteiger partial charge in [-0.3, -0.25) is 9.69 Å². The third-order valence-electron chi connectivity index (χ3n) is 4.98. The van der Waals surface area contributed by atoms with E-state index < -0.39 is 35.2 Å². The minimum Gasteiger partial charge on any atom is -0.478 e. The van der Waals surface area contributed by atoms with Crippen molar-refractivity contribution < 1.29 is 27.9 Å². The summed E-state index contributed by atoms with van der Waals surface area (Å²) in [6.07, 6.45) is -0.338. The van der Waals surface area contributed by atoms with Crippen LogP contribution in [0.15, 0.2) is 60.7 Å². The number of carboxylic acid groups (broad SMARTS) is 1. The maximum absolute atomic E-state index is 14.6. The molecule has 146 valence electrons. The number of carbonyl (C=O) groups is 2. The van der Waals surface area contributed by atoms with Gasteiger partial charge in [0.2, 0.25) is 5.91 Å². The second kappa shape index (κ2) is 7.09. The lowest BCUT2D eigenvalue weighted by Crippen LogP contribution is -2.25. The highest BCUT2D eigenvalue weighted by Gasteiger charge is 2.41. The molecule has 7 heteroatoms. The molecule has 1 N–H and O–H groups in total. The fourth-order valence-electron chi connectivity index (χ4n) is 3.60. The summed E-state index contributed by atoms with van der Waals surface area (Å²) < 4.78 is 42.9. The minimum absolute atomic E-state index is 0.0323. The number of anilines is 2. The van der Waals surface area contributed by atoms with Crippen LogP contribution in [-0.2, 0) is 11.2 Å². The molecule has 0 radical (unpaired) electrons. The second-order valence-corrected chi connectivity index (χ2v) is 6.66. The predicted octanol–water partition coefficient (Wildman–Crippen LogP) is 4.81. The van der Waals surface area contributed by atoms with Crippen molar-refractivity contribution >= 4 is 23.3 Å².